The van der Waals surface area contributed by atoms with E-state index in [-0.39, 0.29) is 5.92 Å². The van der Waals surface area contributed by atoms with Crippen molar-refractivity contribution in [2.24, 2.45) is 5.92 Å². The Balaban J connectivity index is 1.56. The molecule has 0 radical (unpaired) electrons. The number of hydrogen-bond acceptors (Lipinski definition) is 5. The fourth-order valence-electron chi connectivity index (χ4n) is 3.10. The Morgan fingerprint density at radius 2 is 2.17 bits per heavy atom. The molecule has 1 fully saturated rings. The van der Waals surface area contributed by atoms with Gasteiger partial charge in [0.15, 0.2) is 5.82 Å². The predicted molar refractivity (Wildman–Crippen MR) is 86.8 cm³/mol. The van der Waals surface area contributed by atoms with Crippen molar-refractivity contribution in [2.45, 2.75) is 39.2 Å². The van der Waals surface area contributed by atoms with Crippen LogP contribution in [0.5, 0.6) is 0 Å². The number of benzene rings is 1. The minimum absolute atomic E-state index is 0.113. The molecule has 1 aliphatic rings. The number of rotatable bonds is 6. The first-order valence-corrected chi connectivity index (χ1v) is 8.35. The molecule has 1 atom stereocenters. The standard InChI is InChI=1S/C18H23N3O2/c1-2-18-19-17(20-23-18)13-21-10-6-9-15(12-21)16(22)11-14-7-4-3-5-8-14/h3-5,7-8,15H,2,6,9-13H2,1H3/t15-/m0/s1. The molecule has 2 aromatic rings. The van der Waals surface area contributed by atoms with Crippen molar-refractivity contribution in [3.05, 3.63) is 47.6 Å². The third-order valence-electron chi connectivity index (χ3n) is 4.36. The minimum atomic E-state index is 0.113. The zero-order chi connectivity index (χ0) is 16.1. The van der Waals surface area contributed by atoms with E-state index in [9.17, 15) is 4.79 Å². The van der Waals surface area contributed by atoms with Gasteiger partial charge < -0.3 is 4.52 Å². The highest BCUT2D eigenvalue weighted by Crippen LogP contribution is 2.20. The second-order valence-corrected chi connectivity index (χ2v) is 6.16. The van der Waals surface area contributed by atoms with E-state index in [1.807, 2.05) is 37.3 Å². The number of hydrogen-bond donors (Lipinski definition) is 0. The monoisotopic (exact) mass is 313 g/mol. The number of piperidine rings is 1. The molecule has 2 heterocycles. The van der Waals surface area contributed by atoms with Gasteiger partial charge in [-0.05, 0) is 24.9 Å². The van der Waals surface area contributed by atoms with Crippen molar-refractivity contribution >= 4 is 5.78 Å². The number of likely N-dealkylation sites (tertiary alicyclic amines) is 1. The van der Waals surface area contributed by atoms with Gasteiger partial charge in [0.1, 0.15) is 5.78 Å². The van der Waals surface area contributed by atoms with E-state index in [1.165, 1.54) is 0 Å². The van der Waals surface area contributed by atoms with E-state index >= 15 is 0 Å². The largest absolute Gasteiger partial charge is 0.339 e. The zero-order valence-electron chi connectivity index (χ0n) is 13.6. The van der Waals surface area contributed by atoms with Gasteiger partial charge in [-0.3, -0.25) is 9.69 Å². The molecule has 0 saturated carbocycles. The van der Waals surface area contributed by atoms with E-state index in [0.29, 0.717) is 24.6 Å². The van der Waals surface area contributed by atoms with Crippen LogP contribution in [0, 0.1) is 5.92 Å². The second kappa shape index (κ2) is 7.51. The summed E-state index contributed by atoms with van der Waals surface area (Å²) in [5.74, 6) is 1.84. The average Bonchev–Trinajstić information content (AvgIpc) is 3.03. The first-order valence-electron chi connectivity index (χ1n) is 8.35. The van der Waals surface area contributed by atoms with Crippen molar-refractivity contribution in [3.63, 3.8) is 0 Å². The highest BCUT2D eigenvalue weighted by atomic mass is 16.5. The average molecular weight is 313 g/mol. The highest BCUT2D eigenvalue weighted by Gasteiger charge is 2.26. The Hall–Kier alpha value is -2.01. The van der Waals surface area contributed by atoms with Crippen LogP contribution in [0.1, 0.15) is 37.0 Å². The van der Waals surface area contributed by atoms with Gasteiger partial charge in [-0.15, -0.1) is 0 Å². The van der Waals surface area contributed by atoms with E-state index < -0.39 is 0 Å². The third-order valence-corrected chi connectivity index (χ3v) is 4.36. The normalized spacial score (nSPS) is 18.9. The molecule has 122 valence electrons. The van der Waals surface area contributed by atoms with Crippen LogP contribution in [0.25, 0.3) is 0 Å². The fraction of sp³-hybridized carbons (Fsp3) is 0.500. The van der Waals surface area contributed by atoms with Gasteiger partial charge in [0, 0.05) is 25.3 Å². The van der Waals surface area contributed by atoms with Crippen molar-refractivity contribution in [3.8, 4) is 0 Å². The van der Waals surface area contributed by atoms with Gasteiger partial charge in [0.2, 0.25) is 5.89 Å². The van der Waals surface area contributed by atoms with E-state index in [1.54, 1.807) is 0 Å². The van der Waals surface area contributed by atoms with Gasteiger partial charge >= 0.3 is 0 Å². The number of ketones is 1. The van der Waals surface area contributed by atoms with Gasteiger partial charge in [-0.2, -0.15) is 4.98 Å². The molecule has 1 aromatic carbocycles. The minimum Gasteiger partial charge on any atom is -0.339 e. The molecule has 0 N–H and O–H groups in total. The zero-order valence-corrected chi connectivity index (χ0v) is 13.6. The molecule has 0 bridgehead atoms. The van der Waals surface area contributed by atoms with Crippen LogP contribution in [-0.2, 0) is 24.2 Å². The maximum absolute atomic E-state index is 12.5. The summed E-state index contributed by atoms with van der Waals surface area (Å²) in [5, 5.41) is 4.01. The van der Waals surface area contributed by atoms with Crippen LogP contribution >= 0.6 is 0 Å². The molecule has 1 aromatic heterocycles. The number of aryl methyl sites for hydroxylation is 1. The first-order chi connectivity index (χ1) is 11.2. The molecular formula is C18H23N3O2. The number of nitrogens with zero attached hydrogens (tertiary/aromatic N) is 3. The second-order valence-electron chi connectivity index (χ2n) is 6.16. The molecule has 0 aliphatic carbocycles. The number of carbonyl (C=O) groups is 1. The van der Waals surface area contributed by atoms with Crippen LogP contribution in [0.3, 0.4) is 0 Å². The van der Waals surface area contributed by atoms with Crippen LogP contribution < -0.4 is 0 Å². The number of Topliss-reactive ketones (excluding diaryl/α,β-unsaturated/α-hetero) is 1. The molecule has 1 aliphatic heterocycles. The molecule has 3 rings (SSSR count). The lowest BCUT2D eigenvalue weighted by Crippen LogP contribution is -2.39. The summed E-state index contributed by atoms with van der Waals surface area (Å²) in [6.07, 6.45) is 3.31. The van der Waals surface area contributed by atoms with Crippen LogP contribution in [0.15, 0.2) is 34.9 Å². The highest BCUT2D eigenvalue weighted by molar-refractivity contribution is 5.83. The molecule has 5 nitrogen and oxygen atoms in total. The molecule has 5 heteroatoms. The molecule has 0 unspecified atom stereocenters. The lowest BCUT2D eigenvalue weighted by molar-refractivity contribution is -0.124. The van der Waals surface area contributed by atoms with Crippen LogP contribution in [-0.4, -0.2) is 33.9 Å². The van der Waals surface area contributed by atoms with E-state index in [4.69, 9.17) is 4.52 Å². The Bertz CT molecular complexity index is 639. The molecule has 0 spiro atoms. The third kappa shape index (κ3) is 4.26. The SMILES string of the molecule is CCc1nc(CN2CCC[C@H](C(=O)Cc3ccccc3)C2)no1. The fourth-order valence-corrected chi connectivity index (χ4v) is 3.10. The smallest absolute Gasteiger partial charge is 0.226 e. The quantitative estimate of drug-likeness (QED) is 0.820. The van der Waals surface area contributed by atoms with Gasteiger partial charge in [0.05, 0.1) is 6.54 Å². The summed E-state index contributed by atoms with van der Waals surface area (Å²) in [6.45, 7) is 4.45. The van der Waals surface area contributed by atoms with Gasteiger partial charge in [-0.25, -0.2) is 0 Å². The predicted octanol–water partition coefficient (Wildman–Crippen LogP) is 2.66. The van der Waals surface area contributed by atoms with Gasteiger partial charge in [0.25, 0.3) is 0 Å². The van der Waals surface area contributed by atoms with Crippen molar-refractivity contribution in [1.29, 1.82) is 0 Å². The lowest BCUT2D eigenvalue weighted by atomic mass is 9.90. The lowest BCUT2D eigenvalue weighted by Gasteiger charge is -2.31. The Labute approximate surface area is 136 Å². The van der Waals surface area contributed by atoms with Crippen molar-refractivity contribution in [1.82, 2.24) is 15.0 Å². The summed E-state index contributed by atoms with van der Waals surface area (Å²) in [4.78, 5) is 19.2. The van der Waals surface area contributed by atoms with Crippen molar-refractivity contribution in [2.75, 3.05) is 13.1 Å². The summed E-state index contributed by atoms with van der Waals surface area (Å²) >= 11 is 0. The summed E-state index contributed by atoms with van der Waals surface area (Å²) in [6, 6.07) is 9.98. The maximum Gasteiger partial charge on any atom is 0.226 e. The molecular weight excluding hydrogens is 290 g/mol. The van der Waals surface area contributed by atoms with E-state index in [0.717, 1.165) is 43.7 Å². The van der Waals surface area contributed by atoms with Crippen molar-refractivity contribution < 1.29 is 9.32 Å². The number of aromatic nitrogens is 2. The van der Waals surface area contributed by atoms with Crippen LogP contribution in [0.2, 0.25) is 0 Å². The Morgan fingerprint density at radius 3 is 2.91 bits per heavy atom. The summed E-state index contributed by atoms with van der Waals surface area (Å²) in [7, 11) is 0. The molecule has 23 heavy (non-hydrogen) atoms. The Kier molecular flexibility index (Phi) is 5.18. The van der Waals surface area contributed by atoms with E-state index in [2.05, 4.69) is 15.0 Å². The molecule has 1 saturated heterocycles. The summed E-state index contributed by atoms with van der Waals surface area (Å²) < 4.78 is 5.15. The maximum atomic E-state index is 12.5. The summed E-state index contributed by atoms with van der Waals surface area (Å²) in [5.41, 5.74) is 1.10. The number of carbonyl (C=O) groups excluding carboxylic acids is 1. The van der Waals surface area contributed by atoms with Crippen LogP contribution in [0.4, 0.5) is 0 Å². The Morgan fingerprint density at radius 1 is 1.35 bits per heavy atom. The topological polar surface area (TPSA) is 59.2 Å². The first kappa shape index (κ1) is 15.9. The molecule has 0 amide bonds. The van der Waals surface area contributed by atoms with Gasteiger partial charge in [-0.1, -0.05) is 42.4 Å².